The van der Waals surface area contributed by atoms with E-state index in [1.165, 1.54) is 12.2 Å². The lowest BCUT2D eigenvalue weighted by Gasteiger charge is -2.22. The van der Waals surface area contributed by atoms with E-state index in [4.69, 9.17) is 5.73 Å². The number of thioether (sulfide) groups is 1. The Morgan fingerprint density at radius 2 is 2.53 bits per heavy atom. The highest BCUT2D eigenvalue weighted by Crippen LogP contribution is 2.18. The standard InChI is InChI=1S/C12H19N3OS/c1-2-15-7-9(13)6-11(15)12(16)14-10-4-3-5-17-8-10/h6-7,10H,2-5,8,13H2,1H3,(H,14,16). The molecule has 17 heavy (non-hydrogen) atoms. The Kier molecular flexibility index (Phi) is 3.99. The summed E-state index contributed by atoms with van der Waals surface area (Å²) >= 11 is 1.91. The fourth-order valence-electron chi connectivity index (χ4n) is 2.10. The average molecular weight is 253 g/mol. The van der Waals surface area contributed by atoms with Gasteiger partial charge in [-0.3, -0.25) is 4.79 Å². The molecule has 0 bridgehead atoms. The second-order valence-electron chi connectivity index (χ2n) is 4.33. The summed E-state index contributed by atoms with van der Waals surface area (Å²) in [4.78, 5) is 12.1. The number of nitrogens with zero attached hydrogens (tertiary/aromatic N) is 1. The van der Waals surface area contributed by atoms with Crippen molar-refractivity contribution in [3.8, 4) is 0 Å². The Bertz CT molecular complexity index is 396. The van der Waals surface area contributed by atoms with Gasteiger partial charge in [0.1, 0.15) is 5.69 Å². The van der Waals surface area contributed by atoms with Crippen molar-refractivity contribution in [3.05, 3.63) is 18.0 Å². The third-order valence-corrected chi connectivity index (χ3v) is 4.20. The molecule has 5 heteroatoms. The van der Waals surface area contributed by atoms with Gasteiger partial charge in [0, 0.05) is 24.5 Å². The second kappa shape index (κ2) is 5.49. The molecular formula is C12H19N3OS. The predicted octanol–water partition coefficient (Wildman–Crippen LogP) is 1.72. The van der Waals surface area contributed by atoms with Crippen LogP contribution in [-0.4, -0.2) is 28.0 Å². The SMILES string of the molecule is CCn1cc(N)cc1C(=O)NC1CCCSC1. The molecule has 0 aliphatic carbocycles. The third kappa shape index (κ3) is 2.97. The van der Waals surface area contributed by atoms with Crippen LogP contribution in [0.15, 0.2) is 12.3 Å². The van der Waals surface area contributed by atoms with Crippen molar-refractivity contribution < 1.29 is 4.79 Å². The number of aryl methyl sites for hydroxylation is 1. The van der Waals surface area contributed by atoms with Crippen molar-refractivity contribution in [2.24, 2.45) is 0 Å². The molecule has 1 aromatic rings. The normalized spacial score (nSPS) is 20.2. The zero-order chi connectivity index (χ0) is 12.3. The van der Waals surface area contributed by atoms with Gasteiger partial charge in [-0.1, -0.05) is 0 Å². The van der Waals surface area contributed by atoms with Gasteiger partial charge in [-0.25, -0.2) is 0 Å². The Hall–Kier alpha value is -1.10. The lowest BCUT2D eigenvalue weighted by molar-refractivity contribution is 0.0929. The van der Waals surface area contributed by atoms with Crippen molar-refractivity contribution >= 4 is 23.4 Å². The van der Waals surface area contributed by atoms with Crippen molar-refractivity contribution in [2.45, 2.75) is 32.4 Å². The van der Waals surface area contributed by atoms with Crippen LogP contribution in [0.5, 0.6) is 0 Å². The molecule has 1 aliphatic rings. The Morgan fingerprint density at radius 3 is 3.18 bits per heavy atom. The highest BCUT2D eigenvalue weighted by Gasteiger charge is 2.19. The number of amides is 1. The van der Waals surface area contributed by atoms with E-state index in [9.17, 15) is 4.79 Å². The molecule has 1 amide bonds. The topological polar surface area (TPSA) is 60.0 Å². The van der Waals surface area contributed by atoms with Gasteiger partial charge in [0.25, 0.3) is 5.91 Å². The number of rotatable bonds is 3. The average Bonchev–Trinajstić information content (AvgIpc) is 2.72. The summed E-state index contributed by atoms with van der Waals surface area (Å²) in [6, 6.07) is 2.05. The van der Waals surface area contributed by atoms with Crippen LogP contribution < -0.4 is 11.1 Å². The van der Waals surface area contributed by atoms with E-state index >= 15 is 0 Å². The van der Waals surface area contributed by atoms with Gasteiger partial charge >= 0.3 is 0 Å². The molecule has 0 saturated carbocycles. The number of carbonyl (C=O) groups is 1. The van der Waals surface area contributed by atoms with Crippen LogP contribution in [0, 0.1) is 0 Å². The van der Waals surface area contributed by atoms with E-state index in [-0.39, 0.29) is 5.91 Å². The van der Waals surface area contributed by atoms with Gasteiger partial charge in [0.2, 0.25) is 0 Å². The number of hydrogen-bond acceptors (Lipinski definition) is 3. The first kappa shape index (κ1) is 12.4. The number of nitrogens with two attached hydrogens (primary N) is 1. The van der Waals surface area contributed by atoms with Crippen LogP contribution in [0.2, 0.25) is 0 Å². The van der Waals surface area contributed by atoms with Crippen LogP contribution in [0.4, 0.5) is 5.69 Å². The lowest BCUT2D eigenvalue weighted by atomic mass is 10.2. The van der Waals surface area contributed by atoms with Gasteiger partial charge < -0.3 is 15.6 Å². The molecule has 0 radical (unpaired) electrons. The third-order valence-electron chi connectivity index (χ3n) is 2.99. The van der Waals surface area contributed by atoms with Gasteiger partial charge in [-0.15, -0.1) is 0 Å². The zero-order valence-electron chi connectivity index (χ0n) is 10.1. The highest BCUT2D eigenvalue weighted by molar-refractivity contribution is 7.99. The van der Waals surface area contributed by atoms with Crippen molar-refractivity contribution in [1.29, 1.82) is 0 Å². The van der Waals surface area contributed by atoms with Crippen molar-refractivity contribution in [3.63, 3.8) is 0 Å². The first-order valence-corrected chi connectivity index (χ1v) is 7.20. The van der Waals surface area contributed by atoms with Crippen LogP contribution in [0.1, 0.15) is 30.3 Å². The van der Waals surface area contributed by atoms with Crippen LogP contribution in [-0.2, 0) is 6.54 Å². The van der Waals surface area contributed by atoms with E-state index in [0.29, 0.717) is 17.4 Å². The van der Waals surface area contributed by atoms with Crippen LogP contribution in [0.3, 0.4) is 0 Å². The molecule has 94 valence electrons. The molecule has 1 aromatic heterocycles. The predicted molar refractivity (Wildman–Crippen MR) is 72.3 cm³/mol. The van der Waals surface area contributed by atoms with Crippen LogP contribution >= 0.6 is 11.8 Å². The smallest absolute Gasteiger partial charge is 0.268 e. The minimum atomic E-state index is -0.00366. The number of nitrogens with one attached hydrogen (secondary N) is 1. The first-order valence-electron chi connectivity index (χ1n) is 6.05. The fraction of sp³-hybridized carbons (Fsp3) is 0.583. The Labute approximate surface area is 106 Å². The molecule has 4 nitrogen and oxygen atoms in total. The van der Waals surface area contributed by atoms with Gasteiger partial charge in [0.15, 0.2) is 0 Å². The molecule has 0 spiro atoms. The minimum Gasteiger partial charge on any atom is -0.397 e. The number of carbonyl (C=O) groups excluding carboxylic acids is 1. The summed E-state index contributed by atoms with van der Waals surface area (Å²) in [7, 11) is 0. The first-order chi connectivity index (χ1) is 8.20. The Balaban J connectivity index is 2.02. The van der Waals surface area contributed by atoms with Crippen molar-refractivity contribution in [2.75, 3.05) is 17.2 Å². The van der Waals surface area contributed by atoms with E-state index in [0.717, 1.165) is 18.7 Å². The summed E-state index contributed by atoms with van der Waals surface area (Å²) in [6.07, 6.45) is 4.08. The summed E-state index contributed by atoms with van der Waals surface area (Å²) in [6.45, 7) is 2.77. The largest absolute Gasteiger partial charge is 0.397 e. The van der Waals surface area contributed by atoms with E-state index < -0.39 is 0 Å². The second-order valence-corrected chi connectivity index (χ2v) is 5.48. The highest BCUT2D eigenvalue weighted by atomic mass is 32.2. The Morgan fingerprint density at radius 1 is 1.71 bits per heavy atom. The monoisotopic (exact) mass is 253 g/mol. The molecule has 0 aromatic carbocycles. The molecule has 2 heterocycles. The van der Waals surface area contributed by atoms with Gasteiger partial charge in [-0.2, -0.15) is 11.8 Å². The number of aromatic nitrogens is 1. The zero-order valence-corrected chi connectivity index (χ0v) is 10.9. The molecule has 1 atom stereocenters. The number of nitrogen functional groups attached to an aromatic ring is 1. The molecule has 2 rings (SSSR count). The maximum atomic E-state index is 12.1. The summed E-state index contributed by atoms with van der Waals surface area (Å²) in [5, 5.41) is 3.09. The van der Waals surface area contributed by atoms with E-state index in [1.54, 1.807) is 6.07 Å². The lowest BCUT2D eigenvalue weighted by Crippen LogP contribution is -2.39. The quantitative estimate of drug-likeness (QED) is 0.862. The number of hydrogen-bond donors (Lipinski definition) is 2. The fourth-order valence-corrected chi connectivity index (χ4v) is 3.17. The van der Waals surface area contributed by atoms with Crippen LogP contribution in [0.25, 0.3) is 0 Å². The summed E-state index contributed by atoms with van der Waals surface area (Å²) in [5.41, 5.74) is 7.04. The molecule has 1 unspecified atom stereocenters. The minimum absolute atomic E-state index is 0.00366. The van der Waals surface area contributed by atoms with E-state index in [1.807, 2.05) is 29.4 Å². The summed E-state index contributed by atoms with van der Waals surface area (Å²) < 4.78 is 1.89. The maximum Gasteiger partial charge on any atom is 0.268 e. The van der Waals surface area contributed by atoms with Crippen molar-refractivity contribution in [1.82, 2.24) is 9.88 Å². The molecule has 1 saturated heterocycles. The molecule has 1 fully saturated rings. The van der Waals surface area contributed by atoms with E-state index in [2.05, 4.69) is 5.32 Å². The molecular weight excluding hydrogens is 234 g/mol. The van der Waals surface area contributed by atoms with Gasteiger partial charge in [-0.05, 0) is 31.6 Å². The molecule has 1 aliphatic heterocycles. The van der Waals surface area contributed by atoms with Gasteiger partial charge in [0.05, 0.1) is 5.69 Å². The number of anilines is 1. The maximum absolute atomic E-state index is 12.1. The summed E-state index contributed by atoms with van der Waals surface area (Å²) in [5.74, 6) is 2.23. The molecule has 3 N–H and O–H groups in total.